The van der Waals surface area contributed by atoms with E-state index in [2.05, 4.69) is 37.2 Å². The summed E-state index contributed by atoms with van der Waals surface area (Å²) in [6, 6.07) is 6.74. The number of halogens is 5. The normalized spacial score (nSPS) is 24.6. The van der Waals surface area contributed by atoms with Crippen LogP contribution in [-0.2, 0) is 0 Å². The molecule has 0 unspecified atom stereocenters. The molecule has 2 aromatic carbocycles. The molecule has 2 amide bonds. The van der Waals surface area contributed by atoms with E-state index in [0.29, 0.717) is 4.47 Å². The van der Waals surface area contributed by atoms with Crippen molar-refractivity contribution in [3.8, 4) is 5.75 Å². The van der Waals surface area contributed by atoms with Crippen LogP contribution in [0.2, 0.25) is 0 Å². The third-order valence-electron chi connectivity index (χ3n) is 4.54. The van der Waals surface area contributed by atoms with Crippen molar-refractivity contribution in [2.45, 2.75) is 17.9 Å². The number of ketones is 1. The van der Waals surface area contributed by atoms with Crippen LogP contribution in [0.25, 0.3) is 0 Å². The topological polar surface area (TPSA) is 98.7 Å². The zero-order chi connectivity index (χ0) is 21.6. The lowest BCUT2D eigenvalue weighted by atomic mass is 9.77. The molecular formula is C18H13Br2F3N2O4. The fraction of sp³-hybridized carbons (Fsp3) is 0.222. The van der Waals surface area contributed by atoms with Crippen molar-refractivity contribution in [3.63, 3.8) is 0 Å². The number of phenols is 1. The van der Waals surface area contributed by atoms with Gasteiger partial charge in [0.25, 0.3) is 0 Å². The van der Waals surface area contributed by atoms with Crippen molar-refractivity contribution < 1.29 is 33.0 Å². The highest BCUT2D eigenvalue weighted by Gasteiger charge is 2.66. The first-order chi connectivity index (χ1) is 13.5. The zero-order valence-electron chi connectivity index (χ0n) is 14.3. The van der Waals surface area contributed by atoms with Crippen molar-refractivity contribution in [2.24, 2.45) is 5.92 Å². The summed E-state index contributed by atoms with van der Waals surface area (Å²) >= 11 is 6.23. The van der Waals surface area contributed by atoms with Crippen molar-refractivity contribution >= 4 is 43.7 Å². The summed E-state index contributed by atoms with van der Waals surface area (Å²) in [5, 5.41) is 24.6. The number of hydrogen-bond donors (Lipinski definition) is 4. The van der Waals surface area contributed by atoms with Crippen LogP contribution in [0.3, 0.4) is 0 Å². The lowest BCUT2D eigenvalue weighted by Crippen LogP contribution is -2.72. The molecule has 0 bridgehead atoms. The summed E-state index contributed by atoms with van der Waals surface area (Å²) in [6.07, 6.45) is -5.38. The number of urea groups is 1. The molecule has 0 spiro atoms. The minimum absolute atomic E-state index is 0.100. The number of nitrogens with one attached hydrogen (secondary N) is 2. The first-order valence-electron chi connectivity index (χ1n) is 8.10. The van der Waals surface area contributed by atoms with Gasteiger partial charge in [-0.05, 0) is 28.1 Å². The minimum Gasteiger partial charge on any atom is -0.506 e. The third kappa shape index (κ3) is 3.86. The van der Waals surface area contributed by atoms with Gasteiger partial charge in [-0.2, -0.15) is 13.2 Å². The van der Waals surface area contributed by atoms with Crippen molar-refractivity contribution in [1.82, 2.24) is 10.6 Å². The molecule has 3 atom stereocenters. The number of aromatic hydroxyl groups is 1. The number of rotatable bonds is 3. The van der Waals surface area contributed by atoms with E-state index in [1.165, 1.54) is 41.7 Å². The number of carbonyl (C=O) groups excluding carboxylic acids is 2. The van der Waals surface area contributed by atoms with E-state index in [4.69, 9.17) is 0 Å². The van der Waals surface area contributed by atoms with E-state index in [1.54, 1.807) is 6.07 Å². The van der Waals surface area contributed by atoms with Crippen LogP contribution in [0, 0.1) is 5.92 Å². The molecular weight excluding hydrogens is 525 g/mol. The smallest absolute Gasteiger partial charge is 0.437 e. The Bertz CT molecular complexity index is 972. The lowest BCUT2D eigenvalue weighted by molar-refractivity contribution is -0.287. The number of carbonyl (C=O) groups is 2. The van der Waals surface area contributed by atoms with Gasteiger partial charge in [0.2, 0.25) is 5.72 Å². The first-order valence-corrected chi connectivity index (χ1v) is 9.69. The summed E-state index contributed by atoms with van der Waals surface area (Å²) in [4.78, 5) is 25.1. The molecule has 1 aliphatic rings. The Hall–Kier alpha value is -2.11. The molecule has 1 heterocycles. The fourth-order valence-electron chi connectivity index (χ4n) is 3.20. The monoisotopic (exact) mass is 536 g/mol. The predicted octanol–water partition coefficient (Wildman–Crippen LogP) is 4.02. The van der Waals surface area contributed by atoms with Crippen molar-refractivity contribution in [3.05, 3.63) is 62.5 Å². The highest BCUT2D eigenvalue weighted by Crippen LogP contribution is 2.47. The Labute approximate surface area is 179 Å². The molecule has 0 aliphatic carbocycles. The van der Waals surface area contributed by atoms with Gasteiger partial charge >= 0.3 is 12.2 Å². The van der Waals surface area contributed by atoms with Gasteiger partial charge in [-0.3, -0.25) is 4.79 Å². The summed E-state index contributed by atoms with van der Waals surface area (Å²) in [6.45, 7) is 0. The van der Waals surface area contributed by atoms with Crippen LogP contribution in [0.4, 0.5) is 18.0 Å². The minimum atomic E-state index is -5.38. The van der Waals surface area contributed by atoms with E-state index < -0.39 is 41.4 Å². The van der Waals surface area contributed by atoms with Gasteiger partial charge in [-0.1, -0.05) is 46.3 Å². The number of hydrogen-bond acceptors (Lipinski definition) is 4. The molecule has 0 aromatic heterocycles. The molecule has 4 N–H and O–H groups in total. The maximum atomic E-state index is 13.8. The molecule has 3 rings (SSSR count). The maximum absolute atomic E-state index is 13.8. The van der Waals surface area contributed by atoms with Crippen LogP contribution >= 0.6 is 31.9 Å². The van der Waals surface area contributed by atoms with Crippen LogP contribution in [-0.4, -0.2) is 33.9 Å². The number of alkyl halides is 3. The Kier molecular flexibility index (Phi) is 5.67. The highest BCUT2D eigenvalue weighted by atomic mass is 79.9. The molecule has 29 heavy (non-hydrogen) atoms. The Balaban J connectivity index is 2.24. The summed E-state index contributed by atoms with van der Waals surface area (Å²) in [7, 11) is 0. The molecule has 6 nitrogen and oxygen atoms in total. The van der Waals surface area contributed by atoms with Gasteiger partial charge in [-0.15, -0.1) is 0 Å². The van der Waals surface area contributed by atoms with E-state index in [-0.39, 0.29) is 15.6 Å². The van der Waals surface area contributed by atoms with Gasteiger partial charge in [-0.25, -0.2) is 4.79 Å². The van der Waals surface area contributed by atoms with Gasteiger partial charge in [0.1, 0.15) is 11.7 Å². The standard InChI is InChI=1S/C18H13Br2F3N2O4/c19-9-6-10(15(27)11(20)7-9)13-12(14(26)8-4-2-1-3-5-8)17(29,18(21,22)23)25-16(28)24-13/h1-7,12-13,27,29H,(H2,24,25,28)/t12-,13-,17+/m0/s1. The van der Waals surface area contributed by atoms with Gasteiger partial charge in [0.15, 0.2) is 5.78 Å². The SMILES string of the molecule is O=C1N[C@@H](c2cc(Br)cc(Br)c2O)[C@@H](C(=O)c2ccccc2)[C@@](O)(C(F)(F)F)N1. The second kappa shape index (κ2) is 7.62. The molecule has 1 fully saturated rings. The quantitative estimate of drug-likeness (QED) is 0.444. The molecule has 1 aliphatic heterocycles. The molecule has 0 radical (unpaired) electrons. The molecule has 0 saturated carbocycles. The van der Waals surface area contributed by atoms with E-state index in [1.807, 2.05) is 0 Å². The molecule has 2 aromatic rings. The number of amides is 2. The van der Waals surface area contributed by atoms with E-state index in [0.717, 1.165) is 0 Å². The van der Waals surface area contributed by atoms with Gasteiger partial charge < -0.3 is 20.8 Å². The van der Waals surface area contributed by atoms with Crippen LogP contribution in [0.5, 0.6) is 5.75 Å². The zero-order valence-corrected chi connectivity index (χ0v) is 17.5. The summed E-state index contributed by atoms with van der Waals surface area (Å²) in [5.74, 6) is -3.77. The molecule has 154 valence electrons. The second-order valence-corrected chi connectivity index (χ2v) is 8.14. The first kappa shape index (κ1) is 21.6. The number of aliphatic hydroxyl groups is 1. The predicted molar refractivity (Wildman–Crippen MR) is 103 cm³/mol. The molecule has 11 heteroatoms. The number of phenolic OH excluding ortho intramolecular Hbond substituents is 1. The van der Waals surface area contributed by atoms with E-state index in [9.17, 15) is 33.0 Å². The highest BCUT2D eigenvalue weighted by molar-refractivity contribution is 9.11. The largest absolute Gasteiger partial charge is 0.506 e. The van der Waals surface area contributed by atoms with Crippen molar-refractivity contribution in [1.29, 1.82) is 0 Å². The van der Waals surface area contributed by atoms with E-state index >= 15 is 0 Å². The number of benzene rings is 2. The van der Waals surface area contributed by atoms with Crippen LogP contribution in [0.1, 0.15) is 22.0 Å². The van der Waals surface area contributed by atoms with Crippen LogP contribution < -0.4 is 10.6 Å². The van der Waals surface area contributed by atoms with Gasteiger partial charge in [0, 0.05) is 15.6 Å². The average molecular weight is 538 g/mol. The Morgan fingerprint density at radius 3 is 2.34 bits per heavy atom. The second-order valence-electron chi connectivity index (χ2n) is 6.37. The fourth-order valence-corrected chi connectivity index (χ4v) is 4.46. The van der Waals surface area contributed by atoms with Gasteiger partial charge in [0.05, 0.1) is 10.5 Å². The van der Waals surface area contributed by atoms with Crippen LogP contribution in [0.15, 0.2) is 51.4 Å². The number of Topliss-reactive ketones (excluding diaryl/α,β-unsaturated/α-hetero) is 1. The Morgan fingerprint density at radius 2 is 1.76 bits per heavy atom. The summed E-state index contributed by atoms with van der Waals surface area (Å²) in [5.41, 5.74) is -4.15. The van der Waals surface area contributed by atoms with Crippen molar-refractivity contribution in [2.75, 3.05) is 0 Å². The summed E-state index contributed by atoms with van der Waals surface area (Å²) < 4.78 is 42.0. The lowest BCUT2D eigenvalue weighted by Gasteiger charge is -2.45. The maximum Gasteiger partial charge on any atom is 0.437 e. The molecule has 1 saturated heterocycles. The average Bonchev–Trinajstić information content (AvgIpc) is 2.63. The Morgan fingerprint density at radius 1 is 1.14 bits per heavy atom. The third-order valence-corrected chi connectivity index (χ3v) is 5.60.